The first-order valence-electron chi connectivity index (χ1n) is 9.39. The number of hydrogen-bond donors (Lipinski definition) is 2. The van der Waals surface area contributed by atoms with Crippen molar-refractivity contribution in [3.8, 4) is 0 Å². The Morgan fingerprint density at radius 2 is 1.81 bits per heavy atom. The van der Waals surface area contributed by atoms with Crippen LogP contribution in [0.3, 0.4) is 0 Å². The first-order chi connectivity index (χ1) is 13.1. The summed E-state index contributed by atoms with van der Waals surface area (Å²) >= 11 is 0. The minimum Gasteiger partial charge on any atom is -0.356 e. The van der Waals surface area contributed by atoms with E-state index in [9.17, 15) is 0 Å². The Morgan fingerprint density at radius 3 is 2.59 bits per heavy atom. The van der Waals surface area contributed by atoms with Crippen LogP contribution in [0.1, 0.15) is 31.7 Å². The van der Waals surface area contributed by atoms with Crippen LogP contribution in [0.2, 0.25) is 0 Å². The summed E-state index contributed by atoms with van der Waals surface area (Å²) in [5.74, 6) is 1.81. The molecule has 0 aliphatic heterocycles. The lowest BCUT2D eigenvalue weighted by molar-refractivity contribution is 0.508. The predicted molar refractivity (Wildman–Crippen MR) is 110 cm³/mol. The third kappa shape index (κ3) is 4.84. The maximum absolute atomic E-state index is 4.33. The molecule has 3 rings (SSSR count). The molecule has 2 aromatic heterocycles. The van der Waals surface area contributed by atoms with Crippen molar-refractivity contribution >= 4 is 11.6 Å². The number of nitrogens with one attached hydrogen (secondary N) is 2. The molecular formula is C21H28N6. The van der Waals surface area contributed by atoms with Crippen molar-refractivity contribution in [3.63, 3.8) is 0 Å². The number of aryl methyl sites for hydroxylation is 1. The Bertz CT molecular complexity index is 882. The van der Waals surface area contributed by atoms with Crippen molar-refractivity contribution in [2.45, 2.75) is 32.1 Å². The van der Waals surface area contributed by atoms with E-state index in [0.29, 0.717) is 0 Å². The Morgan fingerprint density at radius 1 is 1.04 bits per heavy atom. The Balaban J connectivity index is 1.45. The quantitative estimate of drug-likeness (QED) is 0.384. The lowest BCUT2D eigenvalue weighted by Crippen LogP contribution is -2.43. The fraction of sp³-hybridized carbons (Fsp3) is 0.381. The zero-order valence-corrected chi connectivity index (χ0v) is 16.3. The molecule has 1 aromatic carbocycles. The van der Waals surface area contributed by atoms with Crippen LogP contribution in [0.4, 0.5) is 0 Å². The van der Waals surface area contributed by atoms with E-state index in [1.165, 1.54) is 5.56 Å². The SMILES string of the molecule is CN=C(NCCCc1nnc2ccccn12)NCC(C)(C)c1ccccc1. The van der Waals surface area contributed by atoms with Gasteiger partial charge in [-0.3, -0.25) is 9.39 Å². The Kier molecular flexibility index (Phi) is 6.06. The van der Waals surface area contributed by atoms with Gasteiger partial charge < -0.3 is 10.6 Å². The fourth-order valence-electron chi connectivity index (χ4n) is 3.03. The van der Waals surface area contributed by atoms with E-state index in [4.69, 9.17) is 0 Å². The van der Waals surface area contributed by atoms with Crippen molar-refractivity contribution in [3.05, 3.63) is 66.1 Å². The Labute approximate surface area is 160 Å². The largest absolute Gasteiger partial charge is 0.356 e. The van der Waals surface area contributed by atoms with Crippen LogP contribution in [0.25, 0.3) is 5.65 Å². The van der Waals surface area contributed by atoms with Gasteiger partial charge in [0.2, 0.25) is 0 Å². The van der Waals surface area contributed by atoms with E-state index in [1.54, 1.807) is 7.05 Å². The molecule has 0 bridgehead atoms. The number of rotatable bonds is 7. The summed E-state index contributed by atoms with van der Waals surface area (Å²) in [5, 5.41) is 15.3. The standard InChI is InChI=1S/C21H28N6/c1-21(2,17-10-5-4-6-11-17)16-24-20(22-3)23-14-9-13-19-26-25-18-12-7-8-15-27(18)19/h4-8,10-12,15H,9,13-14,16H2,1-3H3,(H2,22,23,24). The third-order valence-corrected chi connectivity index (χ3v) is 4.73. The smallest absolute Gasteiger partial charge is 0.191 e. The van der Waals surface area contributed by atoms with E-state index < -0.39 is 0 Å². The van der Waals surface area contributed by atoms with Gasteiger partial charge in [-0.05, 0) is 24.1 Å². The molecule has 3 aromatic rings. The van der Waals surface area contributed by atoms with Gasteiger partial charge in [-0.2, -0.15) is 0 Å². The van der Waals surface area contributed by atoms with Crippen LogP contribution < -0.4 is 10.6 Å². The molecule has 2 N–H and O–H groups in total. The molecule has 0 aliphatic carbocycles. The minimum atomic E-state index is 0.0271. The van der Waals surface area contributed by atoms with Gasteiger partial charge in [-0.15, -0.1) is 10.2 Å². The molecule has 2 heterocycles. The monoisotopic (exact) mass is 364 g/mol. The van der Waals surface area contributed by atoms with Crippen molar-refractivity contribution < 1.29 is 0 Å². The second-order valence-corrected chi connectivity index (χ2v) is 7.25. The van der Waals surface area contributed by atoms with Gasteiger partial charge in [-0.25, -0.2) is 0 Å². The van der Waals surface area contributed by atoms with Crippen molar-refractivity contribution in [1.29, 1.82) is 0 Å². The van der Waals surface area contributed by atoms with Gasteiger partial charge in [-0.1, -0.05) is 50.2 Å². The van der Waals surface area contributed by atoms with Crippen LogP contribution in [0.5, 0.6) is 0 Å². The van der Waals surface area contributed by atoms with Gasteiger partial charge in [0.15, 0.2) is 11.6 Å². The van der Waals surface area contributed by atoms with E-state index in [0.717, 1.165) is 43.4 Å². The number of guanidine groups is 1. The number of pyridine rings is 1. The molecule has 27 heavy (non-hydrogen) atoms. The summed E-state index contributed by atoms with van der Waals surface area (Å²) < 4.78 is 2.04. The van der Waals surface area contributed by atoms with E-state index in [-0.39, 0.29) is 5.41 Å². The molecule has 6 nitrogen and oxygen atoms in total. The second-order valence-electron chi connectivity index (χ2n) is 7.25. The number of nitrogens with zero attached hydrogens (tertiary/aromatic N) is 4. The van der Waals surface area contributed by atoms with Crippen LogP contribution in [-0.2, 0) is 11.8 Å². The second kappa shape index (κ2) is 8.66. The molecule has 0 aliphatic rings. The van der Waals surface area contributed by atoms with Gasteiger partial charge in [0.25, 0.3) is 0 Å². The van der Waals surface area contributed by atoms with Crippen molar-refractivity contribution in [1.82, 2.24) is 25.2 Å². The van der Waals surface area contributed by atoms with Gasteiger partial charge in [0, 0.05) is 38.2 Å². The predicted octanol–water partition coefficient (Wildman–Crippen LogP) is 2.80. The minimum absolute atomic E-state index is 0.0271. The average Bonchev–Trinajstić information content (AvgIpc) is 3.11. The lowest BCUT2D eigenvalue weighted by atomic mass is 9.85. The van der Waals surface area contributed by atoms with Crippen LogP contribution in [0.15, 0.2) is 59.7 Å². The normalized spacial score (nSPS) is 12.3. The van der Waals surface area contributed by atoms with Crippen molar-refractivity contribution in [2.75, 3.05) is 20.1 Å². The maximum atomic E-state index is 4.33. The zero-order chi connectivity index (χ0) is 19.1. The van der Waals surface area contributed by atoms with Crippen LogP contribution >= 0.6 is 0 Å². The van der Waals surface area contributed by atoms with Crippen molar-refractivity contribution in [2.24, 2.45) is 4.99 Å². The third-order valence-electron chi connectivity index (χ3n) is 4.73. The molecule has 0 unspecified atom stereocenters. The molecule has 0 spiro atoms. The van der Waals surface area contributed by atoms with E-state index in [1.807, 2.05) is 34.9 Å². The molecule has 0 fully saturated rings. The fourth-order valence-corrected chi connectivity index (χ4v) is 3.03. The number of fused-ring (bicyclic) bond motifs is 1. The highest BCUT2D eigenvalue weighted by molar-refractivity contribution is 5.79. The number of hydrogen-bond acceptors (Lipinski definition) is 3. The summed E-state index contributed by atoms with van der Waals surface area (Å²) in [6, 6.07) is 16.5. The van der Waals surface area contributed by atoms with E-state index >= 15 is 0 Å². The zero-order valence-electron chi connectivity index (χ0n) is 16.3. The number of aliphatic imine (C=N–C) groups is 1. The van der Waals surface area contributed by atoms with E-state index in [2.05, 4.69) is 63.9 Å². The highest BCUT2D eigenvalue weighted by Gasteiger charge is 2.20. The first-order valence-corrected chi connectivity index (χ1v) is 9.39. The molecule has 0 amide bonds. The summed E-state index contributed by atoms with van der Waals surface area (Å²) in [7, 11) is 1.80. The highest BCUT2D eigenvalue weighted by Crippen LogP contribution is 2.21. The average molecular weight is 364 g/mol. The molecule has 0 saturated carbocycles. The molecule has 0 saturated heterocycles. The molecule has 142 valence electrons. The van der Waals surface area contributed by atoms with Crippen LogP contribution in [-0.4, -0.2) is 40.7 Å². The first kappa shape index (κ1) is 18.9. The topological polar surface area (TPSA) is 66.6 Å². The summed E-state index contributed by atoms with van der Waals surface area (Å²) in [5.41, 5.74) is 2.23. The summed E-state index contributed by atoms with van der Waals surface area (Å²) in [4.78, 5) is 4.33. The van der Waals surface area contributed by atoms with Gasteiger partial charge >= 0.3 is 0 Å². The molecular weight excluding hydrogens is 336 g/mol. The summed E-state index contributed by atoms with van der Waals surface area (Å²) in [6.07, 6.45) is 3.83. The Hall–Kier alpha value is -2.89. The van der Waals surface area contributed by atoms with Gasteiger partial charge in [0.05, 0.1) is 0 Å². The lowest BCUT2D eigenvalue weighted by Gasteiger charge is -2.26. The number of aromatic nitrogens is 3. The van der Waals surface area contributed by atoms with Gasteiger partial charge in [0.1, 0.15) is 5.82 Å². The van der Waals surface area contributed by atoms with Crippen LogP contribution in [0, 0.1) is 0 Å². The molecule has 0 atom stereocenters. The maximum Gasteiger partial charge on any atom is 0.191 e. The highest BCUT2D eigenvalue weighted by atomic mass is 15.2. The molecule has 6 heteroatoms. The number of benzene rings is 1. The summed E-state index contributed by atoms with van der Waals surface area (Å²) in [6.45, 7) is 6.11. The molecule has 0 radical (unpaired) electrons.